The summed E-state index contributed by atoms with van der Waals surface area (Å²) in [4.78, 5) is 31.8. The van der Waals surface area contributed by atoms with E-state index in [1.165, 1.54) is 5.69 Å². The van der Waals surface area contributed by atoms with Crippen molar-refractivity contribution in [1.82, 2.24) is 9.80 Å². The number of hydrogen-bond donors (Lipinski definition) is 1. The Kier molecular flexibility index (Phi) is 7.27. The van der Waals surface area contributed by atoms with E-state index in [2.05, 4.69) is 22.3 Å². The lowest BCUT2D eigenvalue weighted by atomic mass is 9.96. The number of para-hydroxylation sites is 2. The van der Waals surface area contributed by atoms with Crippen LogP contribution < -0.4 is 10.2 Å². The number of nitrogens with one attached hydrogen (secondary N) is 1. The molecule has 2 saturated heterocycles. The average molecular weight is 437 g/mol. The van der Waals surface area contributed by atoms with Gasteiger partial charge in [-0.15, -0.1) is 0 Å². The van der Waals surface area contributed by atoms with Crippen LogP contribution in [0.3, 0.4) is 0 Å². The first-order chi connectivity index (χ1) is 15.6. The van der Waals surface area contributed by atoms with Gasteiger partial charge in [-0.1, -0.05) is 36.4 Å². The Morgan fingerprint density at radius 1 is 1.03 bits per heavy atom. The van der Waals surface area contributed by atoms with E-state index in [4.69, 9.17) is 4.74 Å². The quantitative estimate of drug-likeness (QED) is 0.780. The van der Waals surface area contributed by atoms with Gasteiger partial charge in [-0.25, -0.2) is 4.79 Å². The van der Waals surface area contributed by atoms with E-state index in [9.17, 15) is 9.59 Å². The monoisotopic (exact) mass is 436 g/mol. The second-order valence-corrected chi connectivity index (χ2v) is 8.50. The molecule has 0 saturated carbocycles. The largest absolute Gasteiger partial charge is 0.378 e. The first-order valence-corrected chi connectivity index (χ1v) is 11.4. The highest BCUT2D eigenvalue weighted by atomic mass is 16.5. The van der Waals surface area contributed by atoms with Gasteiger partial charge in [-0.05, 0) is 36.6 Å². The Labute approximate surface area is 189 Å². The third kappa shape index (κ3) is 5.40. The van der Waals surface area contributed by atoms with Crippen molar-refractivity contribution in [3.63, 3.8) is 0 Å². The number of benzene rings is 2. The highest BCUT2D eigenvalue weighted by Gasteiger charge is 2.30. The fourth-order valence-electron chi connectivity index (χ4n) is 4.49. The summed E-state index contributed by atoms with van der Waals surface area (Å²) in [5.74, 6) is -0.0789. The number of urea groups is 1. The molecule has 2 heterocycles. The molecule has 2 fully saturated rings. The Bertz CT molecular complexity index is 914. The van der Waals surface area contributed by atoms with Gasteiger partial charge in [0.15, 0.2) is 0 Å². The van der Waals surface area contributed by atoms with E-state index in [-0.39, 0.29) is 17.9 Å². The average Bonchev–Trinajstić information content (AvgIpc) is 2.85. The van der Waals surface area contributed by atoms with Crippen LogP contribution in [0.2, 0.25) is 0 Å². The van der Waals surface area contributed by atoms with Crippen molar-refractivity contribution in [2.24, 2.45) is 5.92 Å². The summed E-state index contributed by atoms with van der Waals surface area (Å²) in [5, 5.41) is 2.93. The van der Waals surface area contributed by atoms with Crippen LogP contribution in [0.5, 0.6) is 0 Å². The Morgan fingerprint density at radius 3 is 2.53 bits per heavy atom. The molecule has 0 aromatic heterocycles. The topological polar surface area (TPSA) is 65.1 Å². The zero-order valence-corrected chi connectivity index (χ0v) is 18.7. The highest BCUT2D eigenvalue weighted by molar-refractivity contribution is 5.90. The van der Waals surface area contributed by atoms with E-state index in [0.29, 0.717) is 19.6 Å². The molecule has 7 heteroatoms. The summed E-state index contributed by atoms with van der Waals surface area (Å²) in [5.41, 5.74) is 3.07. The number of anilines is 2. The lowest BCUT2D eigenvalue weighted by Crippen LogP contribution is -2.47. The summed E-state index contributed by atoms with van der Waals surface area (Å²) < 4.78 is 5.48. The Morgan fingerprint density at radius 2 is 1.75 bits per heavy atom. The van der Waals surface area contributed by atoms with Crippen LogP contribution in [0.4, 0.5) is 16.2 Å². The number of carbonyl (C=O) groups is 2. The maximum Gasteiger partial charge on any atom is 0.321 e. The second kappa shape index (κ2) is 10.5. The van der Waals surface area contributed by atoms with E-state index < -0.39 is 0 Å². The SMILES string of the molecule is CN(Cc1ccccc1N1CCOCC1)C(=O)C1CCCN(C(=O)Nc2ccccc2)C1. The van der Waals surface area contributed by atoms with Crippen LogP contribution in [0.25, 0.3) is 0 Å². The van der Waals surface area contributed by atoms with E-state index in [1.807, 2.05) is 54.4 Å². The molecule has 170 valence electrons. The van der Waals surface area contributed by atoms with E-state index in [0.717, 1.165) is 50.4 Å². The molecular weight excluding hydrogens is 404 g/mol. The first kappa shape index (κ1) is 22.1. The van der Waals surface area contributed by atoms with Crippen molar-refractivity contribution in [3.05, 3.63) is 60.2 Å². The van der Waals surface area contributed by atoms with Crippen molar-refractivity contribution in [2.45, 2.75) is 19.4 Å². The summed E-state index contributed by atoms with van der Waals surface area (Å²) in [7, 11) is 1.86. The molecule has 0 radical (unpaired) electrons. The number of likely N-dealkylation sites (tertiary alicyclic amines) is 1. The third-order valence-corrected chi connectivity index (χ3v) is 6.21. The molecule has 1 unspecified atom stereocenters. The summed E-state index contributed by atoms with van der Waals surface area (Å²) in [6.45, 7) is 4.86. The molecule has 0 aliphatic carbocycles. The van der Waals surface area contributed by atoms with Gasteiger partial charge in [0.05, 0.1) is 19.1 Å². The molecule has 0 spiro atoms. The molecule has 1 N–H and O–H groups in total. The Hall–Kier alpha value is -3.06. The van der Waals surface area contributed by atoms with Gasteiger partial charge in [0.2, 0.25) is 5.91 Å². The van der Waals surface area contributed by atoms with Crippen LogP contribution >= 0.6 is 0 Å². The molecule has 2 aliphatic rings. The van der Waals surface area contributed by atoms with Gasteiger partial charge >= 0.3 is 6.03 Å². The second-order valence-electron chi connectivity index (χ2n) is 8.50. The molecule has 4 rings (SSSR count). The van der Waals surface area contributed by atoms with Crippen LogP contribution in [-0.4, -0.2) is 68.2 Å². The normalized spacial score (nSPS) is 18.8. The number of morpholine rings is 1. The van der Waals surface area contributed by atoms with Crippen molar-refractivity contribution >= 4 is 23.3 Å². The van der Waals surface area contributed by atoms with Gasteiger partial charge in [-0.2, -0.15) is 0 Å². The van der Waals surface area contributed by atoms with Crippen molar-refractivity contribution in [1.29, 1.82) is 0 Å². The molecule has 1 atom stereocenters. The van der Waals surface area contributed by atoms with Gasteiger partial charge in [0, 0.05) is 51.1 Å². The molecular formula is C25H32N4O3. The summed E-state index contributed by atoms with van der Waals surface area (Å²) >= 11 is 0. The van der Waals surface area contributed by atoms with Crippen LogP contribution in [0, 0.1) is 5.92 Å². The van der Waals surface area contributed by atoms with Gasteiger partial charge in [0.1, 0.15) is 0 Å². The number of nitrogens with zero attached hydrogens (tertiary/aromatic N) is 3. The van der Waals surface area contributed by atoms with Crippen LogP contribution in [0.1, 0.15) is 18.4 Å². The summed E-state index contributed by atoms with van der Waals surface area (Å²) in [6, 6.07) is 17.6. The molecule has 2 aliphatic heterocycles. The summed E-state index contributed by atoms with van der Waals surface area (Å²) in [6.07, 6.45) is 1.64. The molecule has 2 aromatic rings. The fraction of sp³-hybridized carbons (Fsp3) is 0.440. The van der Waals surface area contributed by atoms with Crippen molar-refractivity contribution in [3.8, 4) is 0 Å². The zero-order valence-electron chi connectivity index (χ0n) is 18.7. The minimum atomic E-state index is -0.175. The zero-order chi connectivity index (χ0) is 22.3. The van der Waals surface area contributed by atoms with E-state index in [1.54, 1.807) is 4.90 Å². The van der Waals surface area contributed by atoms with Crippen LogP contribution in [-0.2, 0) is 16.1 Å². The van der Waals surface area contributed by atoms with Crippen molar-refractivity contribution in [2.75, 3.05) is 56.7 Å². The molecule has 3 amide bonds. The van der Waals surface area contributed by atoms with Crippen molar-refractivity contribution < 1.29 is 14.3 Å². The van der Waals surface area contributed by atoms with Gasteiger partial charge in [-0.3, -0.25) is 4.79 Å². The lowest BCUT2D eigenvalue weighted by molar-refractivity contribution is -0.136. The number of carbonyl (C=O) groups excluding carboxylic acids is 2. The lowest BCUT2D eigenvalue weighted by Gasteiger charge is -2.35. The minimum absolute atomic E-state index is 0.0963. The van der Waals surface area contributed by atoms with E-state index >= 15 is 0 Å². The maximum atomic E-state index is 13.3. The molecule has 0 bridgehead atoms. The minimum Gasteiger partial charge on any atom is -0.378 e. The predicted octanol–water partition coefficient (Wildman–Crippen LogP) is 3.43. The number of piperidine rings is 1. The fourth-order valence-corrected chi connectivity index (χ4v) is 4.49. The highest BCUT2D eigenvalue weighted by Crippen LogP contribution is 2.25. The van der Waals surface area contributed by atoms with Gasteiger partial charge < -0.3 is 24.8 Å². The molecule has 7 nitrogen and oxygen atoms in total. The third-order valence-electron chi connectivity index (χ3n) is 6.21. The van der Waals surface area contributed by atoms with Crippen LogP contribution in [0.15, 0.2) is 54.6 Å². The van der Waals surface area contributed by atoms with Gasteiger partial charge in [0.25, 0.3) is 0 Å². The standard InChI is InChI=1S/C25H32N4O3/c1-27(18-20-8-5-6-12-23(20)28-14-16-32-17-15-28)24(30)21-9-7-13-29(19-21)25(31)26-22-10-3-2-4-11-22/h2-6,8,10-12,21H,7,9,13-19H2,1H3,(H,26,31). The number of rotatable bonds is 5. The number of hydrogen-bond acceptors (Lipinski definition) is 4. The Balaban J connectivity index is 1.37. The molecule has 2 aromatic carbocycles. The first-order valence-electron chi connectivity index (χ1n) is 11.4. The number of amides is 3. The predicted molar refractivity (Wildman–Crippen MR) is 126 cm³/mol. The smallest absolute Gasteiger partial charge is 0.321 e. The molecule has 32 heavy (non-hydrogen) atoms. The number of ether oxygens (including phenoxy) is 1. The maximum absolute atomic E-state index is 13.3.